The Balaban J connectivity index is 1.72. The van der Waals surface area contributed by atoms with Crippen molar-refractivity contribution in [2.75, 3.05) is 0 Å². The summed E-state index contributed by atoms with van der Waals surface area (Å²) in [6, 6.07) is 13.7. The number of hydrogen-bond donors (Lipinski definition) is 4. The Bertz CT molecular complexity index is 2660. The van der Waals surface area contributed by atoms with Crippen LogP contribution < -0.4 is 21.7 Å². The van der Waals surface area contributed by atoms with Gasteiger partial charge in [-0.05, 0) is 74.2 Å². The maximum absolute atomic E-state index is 15.0. The third-order valence-electron chi connectivity index (χ3n) is 9.77. The fourth-order valence-corrected chi connectivity index (χ4v) is 9.22. The summed E-state index contributed by atoms with van der Waals surface area (Å²) in [5.74, 6) is -2.98. The van der Waals surface area contributed by atoms with Gasteiger partial charge in [0.2, 0.25) is 10.9 Å². The topological polar surface area (TPSA) is 149 Å². The van der Waals surface area contributed by atoms with Gasteiger partial charge in [0.05, 0.1) is 0 Å². The standard InChI is InChI=1S/C42H36Cl2O8S2/c1-17(2)27-33-31(25(37(47)41(27)51)15-53-23-11-7-21(43)8-12-23)39(49)29(19(5)35(33)45)30-20(6)36(46)34-28(18(3)4)42(52)38(48)26(32(34)40(30)50)16-54-24-13-9-22(44)10-14-24/h7-14,17-18,45,47,49,51H,15-16H2,1-6H3. The molecule has 0 aliphatic heterocycles. The van der Waals surface area contributed by atoms with Crippen LogP contribution in [-0.4, -0.2) is 20.4 Å². The molecule has 6 rings (SSSR count). The average Bonchev–Trinajstić information content (AvgIpc) is 3.12. The summed E-state index contributed by atoms with van der Waals surface area (Å²) in [7, 11) is 0. The van der Waals surface area contributed by atoms with Crippen LogP contribution in [0.5, 0.6) is 23.0 Å². The summed E-state index contributed by atoms with van der Waals surface area (Å²) in [5.41, 5.74) is -3.96. The van der Waals surface area contributed by atoms with E-state index in [1.807, 2.05) is 0 Å². The van der Waals surface area contributed by atoms with Crippen LogP contribution in [0, 0.1) is 13.8 Å². The molecule has 0 spiro atoms. The molecule has 4 aromatic carbocycles. The third-order valence-corrected chi connectivity index (χ3v) is 12.3. The molecule has 54 heavy (non-hydrogen) atoms. The lowest BCUT2D eigenvalue weighted by molar-refractivity contribution is 0.395. The molecule has 0 unspecified atom stereocenters. The molecular weight excluding hydrogens is 767 g/mol. The molecule has 0 saturated carbocycles. The SMILES string of the molecule is Cc1c(-c2c(C)c(=O)c3c(C(C)C)c(=O)c(=O)c(CSc4ccc(Cl)cc4)c-3c2=O)c(O)c2c(CSc3ccc(Cl)cc3)c(O)c(O)c(C(C)C)c2c1O. The summed E-state index contributed by atoms with van der Waals surface area (Å²) >= 11 is 14.6. The summed E-state index contributed by atoms with van der Waals surface area (Å²) in [4.78, 5) is 58.3. The Kier molecular flexibility index (Phi) is 10.9. The molecule has 0 fully saturated rings. The summed E-state index contributed by atoms with van der Waals surface area (Å²) in [5, 5.41) is 48.1. The van der Waals surface area contributed by atoms with Crippen LogP contribution in [0.1, 0.15) is 72.9 Å². The van der Waals surface area contributed by atoms with Crippen LogP contribution in [0.25, 0.3) is 33.0 Å². The normalized spacial score (nSPS) is 11.8. The predicted molar refractivity (Wildman–Crippen MR) is 220 cm³/mol. The minimum absolute atomic E-state index is 0.00871. The quantitative estimate of drug-likeness (QED) is 0.0482. The van der Waals surface area contributed by atoms with Crippen molar-refractivity contribution in [3.63, 3.8) is 0 Å². The number of benzene rings is 6. The lowest BCUT2D eigenvalue weighted by atomic mass is 9.80. The van der Waals surface area contributed by atoms with Crippen molar-refractivity contribution >= 4 is 57.5 Å². The van der Waals surface area contributed by atoms with E-state index in [2.05, 4.69) is 0 Å². The summed E-state index contributed by atoms with van der Waals surface area (Å²) < 4.78 is 0. The van der Waals surface area contributed by atoms with E-state index in [9.17, 15) is 39.6 Å². The van der Waals surface area contributed by atoms with Crippen molar-refractivity contribution in [3.8, 4) is 45.3 Å². The molecule has 0 heterocycles. The van der Waals surface area contributed by atoms with Crippen LogP contribution >= 0.6 is 46.7 Å². The van der Waals surface area contributed by atoms with Gasteiger partial charge in [0.15, 0.2) is 22.4 Å². The van der Waals surface area contributed by atoms with Crippen LogP contribution in [-0.2, 0) is 11.5 Å². The van der Waals surface area contributed by atoms with Crippen molar-refractivity contribution in [2.24, 2.45) is 0 Å². The molecule has 0 atom stereocenters. The van der Waals surface area contributed by atoms with Crippen LogP contribution in [0.4, 0.5) is 0 Å². The van der Waals surface area contributed by atoms with E-state index in [1.165, 1.54) is 37.4 Å². The highest BCUT2D eigenvalue weighted by Gasteiger charge is 2.34. The second-order valence-corrected chi connectivity index (χ2v) is 16.8. The van der Waals surface area contributed by atoms with Crippen LogP contribution in [0.15, 0.2) is 77.5 Å². The zero-order valence-electron chi connectivity index (χ0n) is 30.2. The molecule has 278 valence electrons. The summed E-state index contributed by atoms with van der Waals surface area (Å²) in [6.07, 6.45) is 0. The van der Waals surface area contributed by atoms with Gasteiger partial charge in [0, 0.05) is 97.7 Å². The second-order valence-electron chi connectivity index (χ2n) is 13.8. The molecular formula is C42H36Cl2O8S2. The Morgan fingerprint density at radius 1 is 0.500 bits per heavy atom. The fourth-order valence-electron chi connectivity index (χ4n) is 7.13. The lowest BCUT2D eigenvalue weighted by Crippen LogP contribution is -2.38. The minimum Gasteiger partial charge on any atom is -0.507 e. The molecule has 4 aromatic rings. The average molecular weight is 804 g/mol. The highest BCUT2D eigenvalue weighted by atomic mass is 35.5. The molecule has 0 saturated heterocycles. The number of fused-ring (bicyclic) bond motifs is 2. The molecule has 12 heteroatoms. The molecule has 4 N–H and O–H groups in total. The fraction of sp³-hybridized carbons (Fsp3) is 0.238. The van der Waals surface area contributed by atoms with E-state index in [0.29, 0.717) is 14.9 Å². The van der Waals surface area contributed by atoms with E-state index >= 15 is 0 Å². The molecule has 2 aliphatic rings. The molecule has 2 aliphatic carbocycles. The number of aromatic hydroxyl groups is 4. The van der Waals surface area contributed by atoms with Crippen molar-refractivity contribution in [2.45, 2.75) is 74.7 Å². The Hall–Kier alpha value is -4.48. The minimum atomic E-state index is -0.898. The smallest absolute Gasteiger partial charge is 0.230 e. The second kappa shape index (κ2) is 15.0. The first-order valence-corrected chi connectivity index (χ1v) is 19.8. The van der Waals surface area contributed by atoms with Gasteiger partial charge in [-0.1, -0.05) is 50.9 Å². The first-order valence-electron chi connectivity index (χ1n) is 17.1. The molecule has 8 nitrogen and oxygen atoms in total. The van der Waals surface area contributed by atoms with Crippen LogP contribution in [0.3, 0.4) is 0 Å². The molecule has 0 radical (unpaired) electrons. The van der Waals surface area contributed by atoms with Gasteiger partial charge in [-0.15, -0.1) is 23.5 Å². The van der Waals surface area contributed by atoms with Crippen LogP contribution in [0.2, 0.25) is 10.0 Å². The number of phenols is 4. The van der Waals surface area contributed by atoms with Crippen molar-refractivity contribution in [1.82, 2.24) is 0 Å². The number of hydrogen-bond acceptors (Lipinski definition) is 10. The van der Waals surface area contributed by atoms with Gasteiger partial charge in [-0.25, -0.2) is 0 Å². The van der Waals surface area contributed by atoms with Gasteiger partial charge in [-0.2, -0.15) is 0 Å². The van der Waals surface area contributed by atoms with Gasteiger partial charge < -0.3 is 20.4 Å². The Morgan fingerprint density at radius 2 is 1.00 bits per heavy atom. The number of phenolic OH excluding ortho intramolecular Hbond substituents is 4. The Labute approximate surface area is 329 Å². The largest absolute Gasteiger partial charge is 0.507 e. The highest BCUT2D eigenvalue weighted by molar-refractivity contribution is 7.98. The van der Waals surface area contributed by atoms with Gasteiger partial charge in [-0.3, -0.25) is 19.2 Å². The maximum atomic E-state index is 15.0. The monoisotopic (exact) mass is 802 g/mol. The first-order chi connectivity index (χ1) is 25.5. The highest BCUT2D eigenvalue weighted by Crippen LogP contribution is 2.54. The van der Waals surface area contributed by atoms with E-state index in [4.69, 9.17) is 23.2 Å². The molecule has 0 bridgehead atoms. The number of rotatable bonds is 9. The number of thioether (sulfide) groups is 2. The first kappa shape index (κ1) is 39.2. The number of halogens is 2. The zero-order valence-corrected chi connectivity index (χ0v) is 33.3. The van der Waals surface area contributed by atoms with E-state index in [1.54, 1.807) is 76.2 Å². The van der Waals surface area contributed by atoms with Crippen molar-refractivity contribution in [1.29, 1.82) is 0 Å². The molecule has 0 aromatic heterocycles. The Morgan fingerprint density at radius 3 is 1.50 bits per heavy atom. The maximum Gasteiger partial charge on any atom is 0.230 e. The zero-order chi connectivity index (χ0) is 39.5. The predicted octanol–water partition coefficient (Wildman–Crippen LogP) is 9.51. The van der Waals surface area contributed by atoms with Crippen molar-refractivity contribution < 1.29 is 20.4 Å². The van der Waals surface area contributed by atoms with Crippen molar-refractivity contribution in [3.05, 3.63) is 133 Å². The molecule has 0 amide bonds. The van der Waals surface area contributed by atoms with E-state index < -0.39 is 50.8 Å². The van der Waals surface area contributed by atoms with Gasteiger partial charge in [0.1, 0.15) is 11.5 Å². The summed E-state index contributed by atoms with van der Waals surface area (Å²) in [6.45, 7) is 9.72. The van der Waals surface area contributed by atoms with Gasteiger partial charge >= 0.3 is 0 Å². The van der Waals surface area contributed by atoms with E-state index in [0.717, 1.165) is 4.90 Å². The van der Waals surface area contributed by atoms with E-state index in [-0.39, 0.29) is 83.7 Å². The third kappa shape index (κ3) is 6.53. The van der Waals surface area contributed by atoms with Gasteiger partial charge in [0.25, 0.3) is 0 Å². The lowest BCUT2D eigenvalue weighted by Gasteiger charge is -2.24.